The van der Waals surface area contributed by atoms with Crippen LogP contribution in [0.4, 0.5) is 0 Å². The average molecular weight is 213 g/mol. The summed E-state index contributed by atoms with van der Waals surface area (Å²) in [6.07, 6.45) is 6.82. The molecule has 2 aromatic rings. The van der Waals surface area contributed by atoms with Crippen molar-refractivity contribution in [3.8, 4) is 0 Å². The molecule has 1 heterocycles. The number of aromatic amines is 1. The molecule has 0 saturated heterocycles. The van der Waals surface area contributed by atoms with Crippen LogP contribution in [-0.2, 0) is 0 Å². The highest BCUT2D eigenvalue weighted by Crippen LogP contribution is 2.08. The summed E-state index contributed by atoms with van der Waals surface area (Å²) in [5.41, 5.74) is 2.55. The van der Waals surface area contributed by atoms with E-state index < -0.39 is 0 Å². The standard InChI is InChI=1S/C15H19N/c1-4-6-7-12-13-9-8-11(3)10-15(13)16-14(12)5-2/h5,7-10,16H,4,6H2,1-3H3/b12-7-,14-5+. The van der Waals surface area contributed by atoms with E-state index in [1.165, 1.54) is 33.5 Å². The Morgan fingerprint density at radius 1 is 1.31 bits per heavy atom. The molecule has 1 N–H and O–H groups in total. The molecule has 1 aromatic heterocycles. The number of hydrogen-bond donors (Lipinski definition) is 1. The number of aromatic nitrogens is 1. The van der Waals surface area contributed by atoms with Gasteiger partial charge in [0.15, 0.2) is 0 Å². The van der Waals surface area contributed by atoms with E-state index in [4.69, 9.17) is 0 Å². The Hall–Kier alpha value is -1.50. The molecule has 0 aliphatic rings. The van der Waals surface area contributed by atoms with Crippen molar-refractivity contribution in [2.45, 2.75) is 33.6 Å². The molecule has 16 heavy (non-hydrogen) atoms. The molecule has 0 spiro atoms. The first-order valence-corrected chi connectivity index (χ1v) is 6.01. The van der Waals surface area contributed by atoms with Gasteiger partial charge in [-0.3, -0.25) is 0 Å². The van der Waals surface area contributed by atoms with Crippen LogP contribution < -0.4 is 10.6 Å². The molecule has 0 saturated carbocycles. The summed E-state index contributed by atoms with van der Waals surface area (Å²) in [6, 6.07) is 6.61. The average Bonchev–Trinajstić information content (AvgIpc) is 2.63. The zero-order chi connectivity index (χ0) is 11.5. The second-order valence-corrected chi connectivity index (χ2v) is 4.28. The van der Waals surface area contributed by atoms with Crippen molar-refractivity contribution < 1.29 is 0 Å². The van der Waals surface area contributed by atoms with E-state index in [0.29, 0.717) is 0 Å². The minimum atomic E-state index is 1.14. The maximum Gasteiger partial charge on any atom is 0.0467 e. The number of benzene rings is 1. The van der Waals surface area contributed by atoms with Crippen LogP contribution in [0.15, 0.2) is 18.2 Å². The van der Waals surface area contributed by atoms with Crippen molar-refractivity contribution >= 4 is 23.1 Å². The lowest BCUT2D eigenvalue weighted by molar-refractivity contribution is 0.991. The van der Waals surface area contributed by atoms with Gasteiger partial charge in [0.05, 0.1) is 0 Å². The van der Waals surface area contributed by atoms with Crippen molar-refractivity contribution in [3.63, 3.8) is 0 Å². The Kier molecular flexibility index (Phi) is 3.14. The highest BCUT2D eigenvalue weighted by Gasteiger charge is 1.99. The van der Waals surface area contributed by atoms with Gasteiger partial charge in [-0.2, -0.15) is 0 Å². The fourth-order valence-electron chi connectivity index (χ4n) is 2.09. The molecule has 2 rings (SSSR count). The molecule has 84 valence electrons. The lowest BCUT2D eigenvalue weighted by Crippen LogP contribution is -2.21. The second kappa shape index (κ2) is 4.56. The van der Waals surface area contributed by atoms with Gasteiger partial charge in [0, 0.05) is 21.5 Å². The summed E-state index contributed by atoms with van der Waals surface area (Å²) in [5, 5.41) is 3.94. The quantitative estimate of drug-likeness (QED) is 0.789. The first-order valence-electron chi connectivity index (χ1n) is 6.01. The fourth-order valence-corrected chi connectivity index (χ4v) is 2.09. The van der Waals surface area contributed by atoms with Crippen molar-refractivity contribution in [2.75, 3.05) is 0 Å². The predicted octanol–water partition coefficient (Wildman–Crippen LogP) is 2.86. The lowest BCUT2D eigenvalue weighted by Gasteiger charge is -1.92. The van der Waals surface area contributed by atoms with Gasteiger partial charge in [0.2, 0.25) is 0 Å². The van der Waals surface area contributed by atoms with Gasteiger partial charge in [-0.05, 0) is 31.9 Å². The summed E-state index contributed by atoms with van der Waals surface area (Å²) >= 11 is 0. The van der Waals surface area contributed by atoms with E-state index in [9.17, 15) is 0 Å². The number of nitrogens with one attached hydrogen (secondary N) is 1. The molecule has 1 aromatic carbocycles. The van der Waals surface area contributed by atoms with Gasteiger partial charge in [-0.25, -0.2) is 0 Å². The largest absolute Gasteiger partial charge is 0.355 e. The summed E-state index contributed by atoms with van der Waals surface area (Å²) in [7, 11) is 0. The van der Waals surface area contributed by atoms with Gasteiger partial charge < -0.3 is 4.98 Å². The van der Waals surface area contributed by atoms with Crippen LogP contribution in [0.5, 0.6) is 0 Å². The molecular weight excluding hydrogens is 194 g/mol. The molecule has 0 amide bonds. The summed E-state index contributed by atoms with van der Waals surface area (Å²) < 4.78 is 0. The Morgan fingerprint density at radius 3 is 2.81 bits per heavy atom. The Balaban J connectivity index is 2.79. The van der Waals surface area contributed by atoms with Gasteiger partial charge >= 0.3 is 0 Å². The first-order chi connectivity index (χ1) is 7.76. The molecule has 0 bridgehead atoms. The number of aryl methyl sites for hydroxylation is 1. The number of rotatable bonds is 2. The van der Waals surface area contributed by atoms with Gasteiger partial charge in [-0.15, -0.1) is 0 Å². The van der Waals surface area contributed by atoms with Crippen LogP contribution in [0.25, 0.3) is 23.1 Å². The maximum atomic E-state index is 3.48. The lowest BCUT2D eigenvalue weighted by atomic mass is 10.1. The molecule has 0 fully saturated rings. The van der Waals surface area contributed by atoms with Gasteiger partial charge in [-0.1, -0.05) is 37.6 Å². The van der Waals surface area contributed by atoms with Crippen LogP contribution in [0.3, 0.4) is 0 Å². The third kappa shape index (κ3) is 1.90. The Bertz CT molecular complexity index is 602. The molecule has 0 aliphatic carbocycles. The molecule has 0 atom stereocenters. The number of unbranched alkanes of at least 4 members (excludes halogenated alkanes) is 1. The first kappa shape index (κ1) is 11.0. The van der Waals surface area contributed by atoms with E-state index in [-0.39, 0.29) is 0 Å². The van der Waals surface area contributed by atoms with E-state index in [0.717, 1.165) is 6.42 Å². The van der Waals surface area contributed by atoms with E-state index in [2.05, 4.69) is 56.1 Å². The SMILES string of the molecule is C/C=c1/[nH]c2cc(C)ccc2/c1=C/CCC. The molecule has 1 nitrogen and oxygen atoms in total. The topological polar surface area (TPSA) is 15.8 Å². The third-order valence-electron chi connectivity index (χ3n) is 2.95. The van der Waals surface area contributed by atoms with Crippen LogP contribution in [0, 0.1) is 6.92 Å². The molecular formula is C15H19N. The van der Waals surface area contributed by atoms with E-state index in [1.54, 1.807) is 0 Å². The second-order valence-electron chi connectivity index (χ2n) is 4.28. The van der Waals surface area contributed by atoms with Crippen LogP contribution in [0.1, 0.15) is 32.3 Å². The number of hydrogen-bond acceptors (Lipinski definition) is 0. The summed E-state index contributed by atoms with van der Waals surface area (Å²) in [4.78, 5) is 3.48. The smallest absolute Gasteiger partial charge is 0.0467 e. The van der Waals surface area contributed by atoms with Crippen LogP contribution >= 0.6 is 0 Å². The van der Waals surface area contributed by atoms with Crippen molar-refractivity contribution in [2.24, 2.45) is 0 Å². The number of H-pyrrole nitrogens is 1. The minimum absolute atomic E-state index is 1.14. The highest BCUT2D eigenvalue weighted by molar-refractivity contribution is 5.81. The Labute approximate surface area is 96.5 Å². The number of fused-ring (bicyclic) bond motifs is 1. The highest BCUT2D eigenvalue weighted by atomic mass is 14.7. The third-order valence-corrected chi connectivity index (χ3v) is 2.95. The van der Waals surface area contributed by atoms with Gasteiger partial charge in [0.1, 0.15) is 0 Å². The van der Waals surface area contributed by atoms with Crippen LogP contribution in [-0.4, -0.2) is 4.98 Å². The summed E-state index contributed by atoms with van der Waals surface area (Å²) in [5.74, 6) is 0. The Morgan fingerprint density at radius 2 is 2.12 bits per heavy atom. The van der Waals surface area contributed by atoms with Crippen molar-refractivity contribution in [1.82, 2.24) is 4.98 Å². The molecule has 0 aliphatic heterocycles. The molecule has 0 unspecified atom stereocenters. The van der Waals surface area contributed by atoms with Crippen molar-refractivity contribution in [3.05, 3.63) is 34.3 Å². The zero-order valence-electron chi connectivity index (χ0n) is 10.3. The monoisotopic (exact) mass is 213 g/mol. The zero-order valence-corrected chi connectivity index (χ0v) is 10.3. The normalized spacial score (nSPS) is 13.9. The van der Waals surface area contributed by atoms with Crippen molar-refractivity contribution in [1.29, 1.82) is 0 Å². The maximum absolute atomic E-state index is 3.48. The van der Waals surface area contributed by atoms with E-state index in [1.807, 2.05) is 0 Å². The fraction of sp³-hybridized carbons (Fsp3) is 0.333. The van der Waals surface area contributed by atoms with Crippen LogP contribution in [0.2, 0.25) is 0 Å². The predicted molar refractivity (Wildman–Crippen MR) is 71.8 cm³/mol. The van der Waals surface area contributed by atoms with E-state index >= 15 is 0 Å². The molecule has 0 radical (unpaired) electrons. The molecule has 1 heteroatoms. The van der Waals surface area contributed by atoms with Gasteiger partial charge in [0.25, 0.3) is 0 Å². The minimum Gasteiger partial charge on any atom is -0.355 e. The summed E-state index contributed by atoms with van der Waals surface area (Å²) in [6.45, 7) is 6.43.